The van der Waals surface area contributed by atoms with Crippen molar-refractivity contribution in [3.63, 3.8) is 0 Å². The van der Waals surface area contributed by atoms with Crippen LogP contribution in [0, 0.1) is 17.2 Å². The van der Waals surface area contributed by atoms with Crippen LogP contribution in [0.5, 0.6) is 0 Å². The summed E-state index contributed by atoms with van der Waals surface area (Å²) < 4.78 is 5.16. The molecule has 1 atom stereocenters. The van der Waals surface area contributed by atoms with E-state index in [0.29, 0.717) is 19.0 Å². The minimum Gasteiger partial charge on any atom is -0.444 e. The maximum absolute atomic E-state index is 11.4. The Morgan fingerprint density at radius 2 is 2.29 bits per heavy atom. The second-order valence-corrected chi connectivity index (χ2v) is 5.43. The number of ether oxygens (including phenoxy) is 1. The Hall–Kier alpha value is -1.28. The van der Waals surface area contributed by atoms with Crippen molar-refractivity contribution in [1.29, 1.82) is 5.26 Å². The second kappa shape index (κ2) is 5.87. The van der Waals surface area contributed by atoms with Gasteiger partial charge >= 0.3 is 6.09 Å². The number of rotatable bonds is 3. The Bertz CT molecular complexity index is 304. The zero-order chi connectivity index (χ0) is 12.9. The molecule has 1 rings (SSSR count). The van der Waals surface area contributed by atoms with Gasteiger partial charge in [0.05, 0.1) is 12.6 Å². The van der Waals surface area contributed by atoms with E-state index in [1.165, 1.54) is 0 Å². The molecule has 1 heterocycles. The van der Waals surface area contributed by atoms with Crippen molar-refractivity contribution in [1.82, 2.24) is 10.2 Å². The van der Waals surface area contributed by atoms with Crippen molar-refractivity contribution in [2.75, 3.05) is 26.2 Å². The normalized spacial score (nSPS) is 20.9. The van der Waals surface area contributed by atoms with Crippen LogP contribution in [0.25, 0.3) is 0 Å². The number of nitrogens with one attached hydrogen (secondary N) is 1. The van der Waals surface area contributed by atoms with Crippen LogP contribution in [0.3, 0.4) is 0 Å². The van der Waals surface area contributed by atoms with Crippen LogP contribution in [0.15, 0.2) is 0 Å². The zero-order valence-electron chi connectivity index (χ0n) is 10.8. The molecular formula is C12H21N3O2. The monoisotopic (exact) mass is 239 g/mol. The molecule has 1 aliphatic rings. The average molecular weight is 239 g/mol. The van der Waals surface area contributed by atoms with Crippen LogP contribution >= 0.6 is 0 Å². The number of amides is 1. The van der Waals surface area contributed by atoms with Crippen LogP contribution in [0.1, 0.15) is 27.2 Å². The van der Waals surface area contributed by atoms with Gasteiger partial charge in [-0.3, -0.25) is 4.90 Å². The summed E-state index contributed by atoms with van der Waals surface area (Å²) >= 11 is 0. The number of hydrogen-bond donors (Lipinski definition) is 1. The molecule has 0 aromatic carbocycles. The molecule has 1 saturated heterocycles. The third-order valence-electron chi connectivity index (χ3n) is 2.60. The lowest BCUT2D eigenvalue weighted by Crippen LogP contribution is -2.36. The molecule has 0 saturated carbocycles. The molecule has 0 aliphatic carbocycles. The first kappa shape index (κ1) is 13.8. The maximum atomic E-state index is 11.4. The lowest BCUT2D eigenvalue weighted by molar-refractivity contribution is 0.0520. The van der Waals surface area contributed by atoms with Gasteiger partial charge in [-0.2, -0.15) is 5.26 Å². The lowest BCUT2D eigenvalue weighted by Gasteiger charge is -2.20. The van der Waals surface area contributed by atoms with Crippen molar-refractivity contribution in [2.24, 2.45) is 5.92 Å². The Morgan fingerprint density at radius 3 is 2.88 bits per heavy atom. The third kappa shape index (κ3) is 5.55. The van der Waals surface area contributed by atoms with Gasteiger partial charge in [-0.1, -0.05) is 0 Å². The highest BCUT2D eigenvalue weighted by atomic mass is 16.6. The van der Waals surface area contributed by atoms with Crippen molar-refractivity contribution in [3.05, 3.63) is 0 Å². The maximum Gasteiger partial charge on any atom is 0.407 e. The van der Waals surface area contributed by atoms with Crippen LogP contribution in [-0.4, -0.2) is 42.8 Å². The highest BCUT2D eigenvalue weighted by Crippen LogP contribution is 2.14. The fourth-order valence-electron chi connectivity index (χ4n) is 1.86. The van der Waals surface area contributed by atoms with Crippen LogP contribution in [0.4, 0.5) is 4.79 Å². The van der Waals surface area contributed by atoms with E-state index < -0.39 is 5.60 Å². The molecule has 0 aromatic heterocycles. The van der Waals surface area contributed by atoms with Crippen molar-refractivity contribution < 1.29 is 9.53 Å². The quantitative estimate of drug-likeness (QED) is 0.755. The molecular weight excluding hydrogens is 218 g/mol. The number of nitriles is 1. The molecule has 1 unspecified atom stereocenters. The van der Waals surface area contributed by atoms with Crippen LogP contribution in [-0.2, 0) is 4.74 Å². The number of hydrogen-bond acceptors (Lipinski definition) is 4. The molecule has 1 fully saturated rings. The van der Waals surface area contributed by atoms with Crippen molar-refractivity contribution in [3.8, 4) is 6.07 Å². The fourth-order valence-corrected chi connectivity index (χ4v) is 1.86. The molecule has 1 amide bonds. The average Bonchev–Trinajstić information content (AvgIpc) is 2.61. The van der Waals surface area contributed by atoms with Crippen LogP contribution in [0.2, 0.25) is 0 Å². The summed E-state index contributed by atoms with van der Waals surface area (Å²) in [6, 6.07) is 2.14. The van der Waals surface area contributed by atoms with E-state index in [1.54, 1.807) is 0 Å². The number of carbonyl (C=O) groups is 1. The summed E-state index contributed by atoms with van der Waals surface area (Å²) in [4.78, 5) is 13.5. The molecule has 1 N–H and O–H groups in total. The standard InChI is InChI=1S/C12H21N3O2/c1-12(2,3)17-11(16)14-8-10-4-6-15(9-10)7-5-13/h10H,4,6-9H2,1-3H3,(H,14,16). The van der Waals surface area contributed by atoms with Gasteiger partial charge in [0.1, 0.15) is 5.60 Å². The van der Waals surface area contributed by atoms with E-state index in [0.717, 1.165) is 19.5 Å². The van der Waals surface area contributed by atoms with Gasteiger partial charge < -0.3 is 10.1 Å². The summed E-state index contributed by atoms with van der Waals surface area (Å²) in [7, 11) is 0. The highest BCUT2D eigenvalue weighted by molar-refractivity contribution is 5.67. The van der Waals surface area contributed by atoms with Gasteiger partial charge in [0.25, 0.3) is 0 Å². The van der Waals surface area contributed by atoms with Gasteiger partial charge in [0.2, 0.25) is 0 Å². The van der Waals surface area contributed by atoms with Crippen LogP contribution < -0.4 is 5.32 Å². The molecule has 17 heavy (non-hydrogen) atoms. The van der Waals surface area contributed by atoms with Gasteiger partial charge in [0.15, 0.2) is 0 Å². The summed E-state index contributed by atoms with van der Waals surface area (Å²) in [5.41, 5.74) is -0.452. The molecule has 0 radical (unpaired) electrons. The second-order valence-electron chi connectivity index (χ2n) is 5.43. The van der Waals surface area contributed by atoms with E-state index in [4.69, 9.17) is 10.00 Å². The predicted octanol–water partition coefficient (Wildman–Crippen LogP) is 1.36. The van der Waals surface area contributed by atoms with E-state index in [-0.39, 0.29) is 6.09 Å². The molecule has 5 heteroatoms. The van der Waals surface area contributed by atoms with Crippen molar-refractivity contribution in [2.45, 2.75) is 32.8 Å². The van der Waals surface area contributed by atoms with Gasteiger partial charge in [-0.15, -0.1) is 0 Å². The van der Waals surface area contributed by atoms with Gasteiger partial charge in [-0.25, -0.2) is 4.79 Å². The Morgan fingerprint density at radius 1 is 1.59 bits per heavy atom. The van der Waals surface area contributed by atoms with E-state index in [1.807, 2.05) is 20.8 Å². The van der Waals surface area contributed by atoms with Crippen molar-refractivity contribution >= 4 is 6.09 Å². The number of carbonyl (C=O) groups excluding carboxylic acids is 1. The van der Waals surface area contributed by atoms with E-state index in [2.05, 4.69) is 16.3 Å². The Labute approximate surface area is 103 Å². The molecule has 96 valence electrons. The number of nitrogens with zero attached hydrogens (tertiary/aromatic N) is 2. The first-order chi connectivity index (χ1) is 7.90. The fraction of sp³-hybridized carbons (Fsp3) is 0.833. The number of alkyl carbamates (subject to hydrolysis) is 1. The molecule has 0 aromatic rings. The minimum absolute atomic E-state index is 0.365. The minimum atomic E-state index is -0.452. The largest absolute Gasteiger partial charge is 0.444 e. The molecule has 1 aliphatic heterocycles. The zero-order valence-corrected chi connectivity index (χ0v) is 10.8. The first-order valence-electron chi connectivity index (χ1n) is 5.97. The summed E-state index contributed by atoms with van der Waals surface area (Å²) in [5, 5.41) is 11.4. The van der Waals surface area contributed by atoms with E-state index >= 15 is 0 Å². The number of likely N-dealkylation sites (tertiary alicyclic amines) is 1. The topological polar surface area (TPSA) is 65.4 Å². The lowest BCUT2D eigenvalue weighted by atomic mass is 10.1. The molecule has 0 bridgehead atoms. The van der Waals surface area contributed by atoms with Gasteiger partial charge in [0, 0.05) is 13.1 Å². The van der Waals surface area contributed by atoms with Gasteiger partial charge in [-0.05, 0) is 39.7 Å². The third-order valence-corrected chi connectivity index (χ3v) is 2.60. The summed E-state index contributed by atoms with van der Waals surface area (Å²) in [6.07, 6.45) is 0.661. The first-order valence-corrected chi connectivity index (χ1v) is 5.97. The molecule has 5 nitrogen and oxygen atoms in total. The molecule has 0 spiro atoms. The summed E-state index contributed by atoms with van der Waals surface area (Å²) in [6.45, 7) is 8.45. The van der Waals surface area contributed by atoms with E-state index in [9.17, 15) is 4.79 Å². The highest BCUT2D eigenvalue weighted by Gasteiger charge is 2.23. The SMILES string of the molecule is CC(C)(C)OC(=O)NCC1CCN(CC#N)C1. The Balaban J connectivity index is 2.20. The smallest absolute Gasteiger partial charge is 0.407 e. The summed E-state index contributed by atoms with van der Waals surface area (Å²) in [5.74, 6) is 0.427. The Kier molecular flexibility index (Phi) is 4.76. The predicted molar refractivity (Wildman–Crippen MR) is 64.4 cm³/mol.